The molecule has 1 heterocycles. The van der Waals surface area contributed by atoms with Gasteiger partial charge >= 0.3 is 6.09 Å². The van der Waals surface area contributed by atoms with Crippen molar-refractivity contribution in [2.24, 2.45) is 0 Å². The van der Waals surface area contributed by atoms with Crippen LogP contribution in [0, 0.1) is 0 Å². The third-order valence-electron chi connectivity index (χ3n) is 3.63. The molecule has 1 aliphatic rings. The summed E-state index contributed by atoms with van der Waals surface area (Å²) in [6.07, 6.45) is -0.455. The van der Waals surface area contributed by atoms with Crippen LogP contribution >= 0.6 is 11.6 Å². The van der Waals surface area contributed by atoms with E-state index in [9.17, 15) is 14.0 Å². The van der Waals surface area contributed by atoms with Gasteiger partial charge in [-0.2, -0.15) is 0 Å². The monoisotopic (exact) mass is 356 g/mol. The topological polar surface area (TPSA) is 49.9 Å². The molecule has 5 nitrogen and oxygen atoms in total. The molecule has 2 rings (SSSR count). The molecule has 2 amide bonds. The van der Waals surface area contributed by atoms with Crippen molar-refractivity contribution in [1.29, 1.82) is 0 Å². The standard InChI is InChI=1S/C17H22ClFN2O3/c1-17(2,3)24-16(23)21-11-15(22)20(10-14(21)7-8-19)13-6-4-5-12(18)9-13/h4-6,9,14H,7-8,10-11H2,1-3H3. The third-order valence-corrected chi connectivity index (χ3v) is 3.87. The summed E-state index contributed by atoms with van der Waals surface area (Å²) in [5.74, 6) is -0.252. The first-order valence-electron chi connectivity index (χ1n) is 7.83. The van der Waals surface area contributed by atoms with E-state index in [4.69, 9.17) is 16.3 Å². The first-order chi connectivity index (χ1) is 11.2. The van der Waals surface area contributed by atoms with Gasteiger partial charge in [0.15, 0.2) is 0 Å². The maximum atomic E-state index is 12.9. The number of alkyl halides is 1. The van der Waals surface area contributed by atoms with Crippen molar-refractivity contribution in [3.8, 4) is 0 Å². The van der Waals surface area contributed by atoms with Gasteiger partial charge in [0.05, 0.1) is 12.7 Å². The van der Waals surface area contributed by atoms with Crippen LogP contribution in [0.1, 0.15) is 27.2 Å². The van der Waals surface area contributed by atoms with Gasteiger partial charge in [-0.1, -0.05) is 17.7 Å². The van der Waals surface area contributed by atoms with Crippen molar-refractivity contribution in [1.82, 2.24) is 4.90 Å². The van der Waals surface area contributed by atoms with Crippen molar-refractivity contribution < 1.29 is 18.7 Å². The van der Waals surface area contributed by atoms with E-state index >= 15 is 0 Å². The zero-order valence-electron chi connectivity index (χ0n) is 14.1. The number of hydrogen-bond acceptors (Lipinski definition) is 3. The Kier molecular flexibility index (Phi) is 5.70. The maximum Gasteiger partial charge on any atom is 0.411 e. The smallest absolute Gasteiger partial charge is 0.411 e. The summed E-state index contributed by atoms with van der Waals surface area (Å²) in [7, 11) is 0. The molecule has 0 saturated carbocycles. The highest BCUT2D eigenvalue weighted by atomic mass is 35.5. The van der Waals surface area contributed by atoms with E-state index < -0.39 is 24.4 Å². The van der Waals surface area contributed by atoms with Crippen LogP contribution in [0.15, 0.2) is 24.3 Å². The van der Waals surface area contributed by atoms with Gasteiger partial charge in [0, 0.05) is 17.3 Å². The summed E-state index contributed by atoms with van der Waals surface area (Å²) in [6.45, 7) is 4.73. The average Bonchev–Trinajstić information content (AvgIpc) is 2.47. The Balaban J connectivity index is 2.20. The minimum absolute atomic E-state index is 0.142. The molecule has 0 spiro atoms. The van der Waals surface area contributed by atoms with Crippen molar-refractivity contribution in [3.63, 3.8) is 0 Å². The van der Waals surface area contributed by atoms with Crippen LogP contribution in [0.25, 0.3) is 0 Å². The largest absolute Gasteiger partial charge is 0.444 e. The molecule has 1 aromatic rings. The highest BCUT2D eigenvalue weighted by Gasteiger charge is 2.37. The molecule has 1 atom stereocenters. The van der Waals surface area contributed by atoms with Crippen LogP contribution in [0.5, 0.6) is 0 Å². The van der Waals surface area contributed by atoms with E-state index in [0.29, 0.717) is 10.7 Å². The summed E-state index contributed by atoms with van der Waals surface area (Å²) in [6, 6.07) is 6.46. The lowest BCUT2D eigenvalue weighted by molar-refractivity contribution is -0.122. The highest BCUT2D eigenvalue weighted by molar-refractivity contribution is 6.30. The molecule has 0 aromatic heterocycles. The molecule has 0 aliphatic carbocycles. The molecule has 1 aliphatic heterocycles. The SMILES string of the molecule is CC(C)(C)OC(=O)N1CC(=O)N(c2cccc(Cl)c2)CC1CCF. The number of piperazine rings is 1. The van der Waals surface area contributed by atoms with E-state index in [2.05, 4.69) is 0 Å². The van der Waals surface area contributed by atoms with E-state index in [1.54, 1.807) is 45.0 Å². The third kappa shape index (κ3) is 4.60. The predicted octanol–water partition coefficient (Wildman–Crippen LogP) is 3.65. The number of ether oxygens (including phenoxy) is 1. The van der Waals surface area contributed by atoms with Gasteiger partial charge in [-0.05, 0) is 45.4 Å². The van der Waals surface area contributed by atoms with Crippen LogP contribution in [-0.4, -0.2) is 48.3 Å². The quantitative estimate of drug-likeness (QED) is 0.830. The lowest BCUT2D eigenvalue weighted by Gasteiger charge is -2.41. The lowest BCUT2D eigenvalue weighted by atomic mass is 10.1. The molecule has 0 radical (unpaired) electrons. The molecule has 0 bridgehead atoms. The van der Waals surface area contributed by atoms with Gasteiger partial charge in [0.25, 0.3) is 0 Å². The van der Waals surface area contributed by atoms with Crippen molar-refractivity contribution in [3.05, 3.63) is 29.3 Å². The molecule has 24 heavy (non-hydrogen) atoms. The van der Waals surface area contributed by atoms with E-state index in [-0.39, 0.29) is 25.4 Å². The van der Waals surface area contributed by atoms with Crippen molar-refractivity contribution in [2.45, 2.75) is 38.8 Å². The normalized spacial score (nSPS) is 18.7. The average molecular weight is 357 g/mol. The first-order valence-corrected chi connectivity index (χ1v) is 8.20. The number of amides is 2. The number of anilines is 1. The Bertz CT molecular complexity index is 618. The maximum absolute atomic E-state index is 12.9. The predicted molar refractivity (Wildman–Crippen MR) is 91.1 cm³/mol. The number of carbonyl (C=O) groups is 2. The Morgan fingerprint density at radius 1 is 1.42 bits per heavy atom. The summed E-state index contributed by atoms with van der Waals surface area (Å²) >= 11 is 5.98. The number of carbonyl (C=O) groups excluding carboxylic acids is 2. The van der Waals surface area contributed by atoms with Gasteiger partial charge < -0.3 is 9.64 Å². The highest BCUT2D eigenvalue weighted by Crippen LogP contribution is 2.25. The van der Waals surface area contributed by atoms with Crippen molar-refractivity contribution in [2.75, 3.05) is 24.7 Å². The fraction of sp³-hybridized carbons (Fsp3) is 0.529. The zero-order valence-corrected chi connectivity index (χ0v) is 14.8. The Hall–Kier alpha value is -1.82. The molecule has 132 valence electrons. The molecule has 1 fully saturated rings. The van der Waals surface area contributed by atoms with Gasteiger partial charge in [-0.15, -0.1) is 0 Å². The second-order valence-corrected chi connectivity index (χ2v) is 7.16. The Morgan fingerprint density at radius 2 is 2.12 bits per heavy atom. The summed E-state index contributed by atoms with van der Waals surface area (Å²) in [5.41, 5.74) is -0.0370. The molecule has 0 N–H and O–H groups in total. The zero-order chi connectivity index (χ0) is 17.9. The molecular weight excluding hydrogens is 335 g/mol. The number of halogens is 2. The molecular formula is C17H22ClFN2O3. The van der Waals surface area contributed by atoms with Crippen LogP contribution in [-0.2, 0) is 9.53 Å². The van der Waals surface area contributed by atoms with Gasteiger partial charge in [-0.3, -0.25) is 14.1 Å². The summed E-state index contributed by atoms with van der Waals surface area (Å²) in [5, 5.41) is 0.511. The van der Waals surface area contributed by atoms with Crippen LogP contribution in [0.3, 0.4) is 0 Å². The number of rotatable bonds is 3. The fourth-order valence-electron chi connectivity index (χ4n) is 2.57. The first kappa shape index (κ1) is 18.5. The van der Waals surface area contributed by atoms with Crippen LogP contribution in [0.2, 0.25) is 5.02 Å². The molecule has 1 saturated heterocycles. The van der Waals surface area contributed by atoms with E-state index in [0.717, 1.165) is 0 Å². The van der Waals surface area contributed by atoms with Crippen LogP contribution in [0.4, 0.5) is 14.9 Å². The summed E-state index contributed by atoms with van der Waals surface area (Å²) in [4.78, 5) is 27.7. The van der Waals surface area contributed by atoms with E-state index in [1.165, 1.54) is 9.80 Å². The van der Waals surface area contributed by atoms with Crippen LogP contribution < -0.4 is 4.90 Å². The van der Waals surface area contributed by atoms with Gasteiger partial charge in [-0.25, -0.2) is 4.79 Å². The second kappa shape index (κ2) is 7.38. The fourth-order valence-corrected chi connectivity index (χ4v) is 2.76. The van der Waals surface area contributed by atoms with Gasteiger partial charge in [0.2, 0.25) is 5.91 Å². The minimum atomic E-state index is -0.676. The summed E-state index contributed by atoms with van der Waals surface area (Å²) < 4.78 is 18.3. The molecule has 1 aromatic carbocycles. The lowest BCUT2D eigenvalue weighted by Crippen LogP contribution is -2.59. The number of nitrogens with zero attached hydrogens (tertiary/aromatic N) is 2. The van der Waals surface area contributed by atoms with Crippen molar-refractivity contribution >= 4 is 29.3 Å². The molecule has 7 heteroatoms. The Labute approximate surface area is 146 Å². The van der Waals surface area contributed by atoms with E-state index in [1.807, 2.05) is 0 Å². The Morgan fingerprint density at radius 3 is 2.71 bits per heavy atom. The number of benzene rings is 1. The minimum Gasteiger partial charge on any atom is -0.444 e. The number of hydrogen-bond donors (Lipinski definition) is 0. The second-order valence-electron chi connectivity index (χ2n) is 6.72. The van der Waals surface area contributed by atoms with Gasteiger partial charge in [0.1, 0.15) is 12.1 Å². The molecule has 1 unspecified atom stereocenters.